The summed E-state index contributed by atoms with van der Waals surface area (Å²) in [6, 6.07) is 19.4. The summed E-state index contributed by atoms with van der Waals surface area (Å²) >= 11 is 0. The van der Waals surface area contributed by atoms with E-state index in [1.54, 1.807) is 15.7 Å². The maximum atomic E-state index is 12.4. The third-order valence-corrected chi connectivity index (χ3v) is 6.12. The van der Waals surface area contributed by atoms with E-state index in [2.05, 4.69) is 0 Å². The van der Waals surface area contributed by atoms with Crippen molar-refractivity contribution in [2.45, 2.75) is 25.7 Å². The molecule has 1 amide bonds. The van der Waals surface area contributed by atoms with E-state index in [4.69, 9.17) is 14.3 Å². The summed E-state index contributed by atoms with van der Waals surface area (Å²) in [5.41, 5.74) is 2.95. The zero-order valence-corrected chi connectivity index (χ0v) is 19.4. The molecule has 4 aromatic rings. The van der Waals surface area contributed by atoms with Crippen LogP contribution in [0.15, 0.2) is 77.4 Å². The predicted octanol–water partition coefficient (Wildman–Crippen LogP) is 5.24. The molecule has 1 saturated heterocycles. The molecule has 3 heterocycles. The van der Waals surface area contributed by atoms with Gasteiger partial charge in [0.1, 0.15) is 11.3 Å². The Bertz CT molecular complexity index is 1310. The lowest BCUT2D eigenvalue weighted by Crippen LogP contribution is -2.35. The van der Waals surface area contributed by atoms with Crippen molar-refractivity contribution < 1.29 is 18.7 Å². The highest BCUT2D eigenvalue weighted by Gasteiger charge is 2.18. The van der Waals surface area contributed by atoms with Gasteiger partial charge >= 0.3 is 5.97 Å². The predicted molar refractivity (Wildman–Crippen MR) is 134 cm³/mol. The molecule has 7 nitrogen and oxygen atoms in total. The minimum absolute atomic E-state index is 0.145. The number of fused-ring (bicyclic) bond motifs is 1. The first-order valence-corrected chi connectivity index (χ1v) is 11.9. The van der Waals surface area contributed by atoms with Gasteiger partial charge in [0, 0.05) is 36.3 Å². The van der Waals surface area contributed by atoms with Gasteiger partial charge in [-0.3, -0.25) is 4.79 Å². The van der Waals surface area contributed by atoms with Gasteiger partial charge in [-0.2, -0.15) is 5.10 Å². The summed E-state index contributed by atoms with van der Waals surface area (Å²) in [7, 11) is 0. The SMILES string of the molecule is O=C(C=Cc1cn(-c2ccccc2)nc1-c1cc2ccccc2o1)OCC(=O)N1CCCCCC1. The minimum Gasteiger partial charge on any atom is -0.454 e. The van der Waals surface area contributed by atoms with Crippen molar-refractivity contribution in [3.05, 3.63) is 78.5 Å². The number of ether oxygens (including phenoxy) is 1. The highest BCUT2D eigenvalue weighted by molar-refractivity contribution is 5.91. The smallest absolute Gasteiger partial charge is 0.331 e. The van der Waals surface area contributed by atoms with E-state index in [0.29, 0.717) is 17.0 Å². The van der Waals surface area contributed by atoms with Gasteiger partial charge in [-0.15, -0.1) is 0 Å². The topological polar surface area (TPSA) is 77.6 Å². The van der Waals surface area contributed by atoms with E-state index in [0.717, 1.165) is 55.4 Å². The fourth-order valence-corrected chi connectivity index (χ4v) is 4.26. The first kappa shape index (κ1) is 22.7. The van der Waals surface area contributed by atoms with Gasteiger partial charge in [0.25, 0.3) is 5.91 Å². The zero-order valence-electron chi connectivity index (χ0n) is 19.4. The van der Waals surface area contributed by atoms with Gasteiger partial charge in [-0.25, -0.2) is 9.48 Å². The second-order valence-corrected chi connectivity index (χ2v) is 8.60. The van der Waals surface area contributed by atoms with Crippen molar-refractivity contribution >= 4 is 28.9 Å². The molecule has 5 rings (SSSR count). The standard InChI is InChI=1S/C28H27N3O4/c32-26(30-16-8-1-2-9-17-30)20-34-27(33)15-14-22-19-31(23-11-4-3-5-12-23)29-28(22)25-18-21-10-6-7-13-24(21)35-25/h3-7,10-15,18-19H,1-2,8-9,16-17,20H2. The van der Waals surface area contributed by atoms with Crippen LogP contribution in [-0.2, 0) is 14.3 Å². The summed E-state index contributed by atoms with van der Waals surface area (Å²) in [6.07, 6.45) is 9.07. The molecule has 0 unspecified atom stereocenters. The molecule has 1 aliphatic rings. The highest BCUT2D eigenvalue weighted by Crippen LogP contribution is 2.30. The summed E-state index contributed by atoms with van der Waals surface area (Å²) < 4.78 is 13.0. The number of hydrogen-bond acceptors (Lipinski definition) is 5. The van der Waals surface area contributed by atoms with Gasteiger partial charge in [-0.05, 0) is 43.2 Å². The summed E-state index contributed by atoms with van der Waals surface area (Å²) in [5, 5.41) is 5.70. The lowest BCUT2D eigenvalue weighted by Gasteiger charge is -2.19. The number of esters is 1. The van der Waals surface area contributed by atoms with Crippen LogP contribution in [0.5, 0.6) is 0 Å². The first-order chi connectivity index (χ1) is 17.2. The van der Waals surface area contributed by atoms with E-state index in [-0.39, 0.29) is 12.5 Å². The van der Waals surface area contributed by atoms with Gasteiger partial charge in [0.05, 0.1) is 5.69 Å². The number of hydrogen-bond donors (Lipinski definition) is 0. The van der Waals surface area contributed by atoms with E-state index >= 15 is 0 Å². The lowest BCUT2D eigenvalue weighted by atomic mass is 10.2. The van der Waals surface area contributed by atoms with Crippen LogP contribution in [0.3, 0.4) is 0 Å². The number of nitrogens with zero attached hydrogens (tertiary/aromatic N) is 3. The van der Waals surface area contributed by atoms with Crippen molar-refractivity contribution in [1.82, 2.24) is 14.7 Å². The molecule has 0 N–H and O–H groups in total. The average Bonchev–Trinajstić information content (AvgIpc) is 3.41. The van der Waals surface area contributed by atoms with Crippen LogP contribution in [0.4, 0.5) is 0 Å². The van der Waals surface area contributed by atoms with Crippen LogP contribution < -0.4 is 0 Å². The van der Waals surface area contributed by atoms with E-state index < -0.39 is 5.97 Å². The monoisotopic (exact) mass is 469 g/mol. The quantitative estimate of drug-likeness (QED) is 0.285. The van der Waals surface area contributed by atoms with Crippen molar-refractivity contribution in [3.63, 3.8) is 0 Å². The number of furan rings is 1. The third-order valence-electron chi connectivity index (χ3n) is 6.12. The molecule has 178 valence electrons. The maximum absolute atomic E-state index is 12.4. The van der Waals surface area contributed by atoms with E-state index in [9.17, 15) is 9.59 Å². The Kier molecular flexibility index (Phi) is 6.75. The summed E-state index contributed by atoms with van der Waals surface area (Å²) in [6.45, 7) is 1.21. The molecule has 0 aliphatic carbocycles. The second kappa shape index (κ2) is 10.4. The van der Waals surface area contributed by atoms with Crippen LogP contribution in [0.25, 0.3) is 34.2 Å². The Morgan fingerprint density at radius 3 is 2.49 bits per heavy atom. The fraction of sp³-hybridized carbons (Fsp3) is 0.250. The summed E-state index contributed by atoms with van der Waals surface area (Å²) in [4.78, 5) is 26.6. The number of amides is 1. The minimum atomic E-state index is -0.573. The van der Waals surface area contributed by atoms with Gasteiger partial charge in [0.15, 0.2) is 12.4 Å². The van der Waals surface area contributed by atoms with E-state index in [1.165, 1.54) is 6.08 Å². The van der Waals surface area contributed by atoms with Crippen LogP contribution in [0, 0.1) is 0 Å². The zero-order chi connectivity index (χ0) is 24.0. The van der Waals surface area contributed by atoms with Crippen LogP contribution >= 0.6 is 0 Å². The van der Waals surface area contributed by atoms with Crippen LogP contribution in [-0.4, -0.2) is 46.3 Å². The Hall–Kier alpha value is -4.13. The molecule has 0 spiro atoms. The number of aromatic nitrogens is 2. The number of rotatable bonds is 6. The largest absolute Gasteiger partial charge is 0.454 e. The Labute approximate surface area is 203 Å². The second-order valence-electron chi connectivity index (χ2n) is 8.60. The van der Waals surface area contributed by atoms with Gasteiger partial charge in [-0.1, -0.05) is 49.2 Å². The molecule has 0 atom stereocenters. The van der Waals surface area contributed by atoms with Gasteiger partial charge < -0.3 is 14.1 Å². The molecule has 2 aromatic carbocycles. The number of benzene rings is 2. The van der Waals surface area contributed by atoms with Crippen molar-refractivity contribution in [2.75, 3.05) is 19.7 Å². The molecule has 0 bridgehead atoms. The number of likely N-dealkylation sites (tertiary alicyclic amines) is 1. The Morgan fingerprint density at radius 1 is 0.971 bits per heavy atom. The van der Waals surface area contributed by atoms with Crippen molar-refractivity contribution in [2.24, 2.45) is 0 Å². The maximum Gasteiger partial charge on any atom is 0.331 e. The number of carbonyl (C=O) groups is 2. The summed E-state index contributed by atoms with van der Waals surface area (Å²) in [5.74, 6) is -0.116. The van der Waals surface area contributed by atoms with Crippen LogP contribution in [0.2, 0.25) is 0 Å². The number of para-hydroxylation sites is 2. The molecule has 1 aliphatic heterocycles. The molecular weight excluding hydrogens is 442 g/mol. The third kappa shape index (κ3) is 5.35. The lowest BCUT2D eigenvalue weighted by molar-refractivity contribution is -0.148. The van der Waals surface area contributed by atoms with Crippen molar-refractivity contribution in [1.29, 1.82) is 0 Å². The molecule has 7 heteroatoms. The molecular formula is C28H27N3O4. The van der Waals surface area contributed by atoms with Crippen molar-refractivity contribution in [3.8, 4) is 17.1 Å². The van der Waals surface area contributed by atoms with Gasteiger partial charge in [0.2, 0.25) is 0 Å². The fourth-order valence-electron chi connectivity index (χ4n) is 4.26. The molecule has 2 aromatic heterocycles. The molecule has 0 saturated carbocycles. The first-order valence-electron chi connectivity index (χ1n) is 11.9. The molecule has 35 heavy (non-hydrogen) atoms. The Balaban J connectivity index is 1.35. The Morgan fingerprint density at radius 2 is 1.71 bits per heavy atom. The van der Waals surface area contributed by atoms with E-state index in [1.807, 2.05) is 66.9 Å². The highest BCUT2D eigenvalue weighted by atomic mass is 16.5. The molecule has 0 radical (unpaired) electrons. The van der Waals surface area contributed by atoms with Crippen LogP contribution in [0.1, 0.15) is 31.2 Å². The normalized spacial score (nSPS) is 14.3. The number of carbonyl (C=O) groups excluding carboxylic acids is 2. The molecule has 1 fully saturated rings. The average molecular weight is 470 g/mol.